The highest BCUT2D eigenvalue weighted by Gasteiger charge is 2.26. The Kier molecular flexibility index (Phi) is 8.07. The summed E-state index contributed by atoms with van der Waals surface area (Å²) in [6.45, 7) is 3.43. The summed E-state index contributed by atoms with van der Waals surface area (Å²) in [7, 11) is 0. The summed E-state index contributed by atoms with van der Waals surface area (Å²) in [4.78, 5) is 12.0. The van der Waals surface area contributed by atoms with Gasteiger partial charge in [-0.2, -0.15) is 0 Å². The minimum absolute atomic E-state index is 0.0397. The maximum absolute atomic E-state index is 12.0. The molecular formula is C18H28N2O3. The number of benzene rings is 1. The molecule has 0 radical (unpaired) electrons. The van der Waals surface area contributed by atoms with Crippen LogP contribution in [0.3, 0.4) is 0 Å². The van der Waals surface area contributed by atoms with E-state index in [0.29, 0.717) is 33.0 Å². The average Bonchev–Trinajstić information content (AvgIpc) is 2.61. The molecule has 1 aromatic rings. The van der Waals surface area contributed by atoms with Crippen molar-refractivity contribution >= 4 is 5.91 Å². The summed E-state index contributed by atoms with van der Waals surface area (Å²) in [5.74, 6) is 0.208. The van der Waals surface area contributed by atoms with Gasteiger partial charge in [0, 0.05) is 26.4 Å². The van der Waals surface area contributed by atoms with Gasteiger partial charge >= 0.3 is 0 Å². The molecule has 2 rings (SSSR count). The standard InChI is InChI=1S/C18H28N2O3/c19-17(16-8-12-22-13-9-16)18(21)20-10-4-5-11-23-14-15-6-2-1-3-7-15/h1-3,6-7,16-17H,4-5,8-14,19H2,(H,20,21). The second-order valence-electron chi connectivity index (χ2n) is 6.01. The van der Waals surface area contributed by atoms with E-state index < -0.39 is 6.04 Å². The first-order valence-electron chi connectivity index (χ1n) is 8.50. The molecule has 0 bridgehead atoms. The molecule has 1 saturated heterocycles. The van der Waals surface area contributed by atoms with Gasteiger partial charge in [-0.3, -0.25) is 4.79 Å². The van der Waals surface area contributed by atoms with Crippen molar-refractivity contribution in [2.24, 2.45) is 11.7 Å². The molecule has 5 nitrogen and oxygen atoms in total. The van der Waals surface area contributed by atoms with Gasteiger partial charge in [0.25, 0.3) is 0 Å². The molecule has 1 aliphatic heterocycles. The fraction of sp³-hybridized carbons (Fsp3) is 0.611. The molecule has 1 aliphatic rings. The highest BCUT2D eigenvalue weighted by molar-refractivity contribution is 5.81. The fourth-order valence-electron chi connectivity index (χ4n) is 2.71. The first-order valence-corrected chi connectivity index (χ1v) is 8.50. The second-order valence-corrected chi connectivity index (χ2v) is 6.01. The van der Waals surface area contributed by atoms with Crippen molar-refractivity contribution in [1.29, 1.82) is 0 Å². The fourth-order valence-corrected chi connectivity index (χ4v) is 2.71. The van der Waals surface area contributed by atoms with Crippen molar-refractivity contribution in [2.75, 3.05) is 26.4 Å². The lowest BCUT2D eigenvalue weighted by Gasteiger charge is -2.26. The van der Waals surface area contributed by atoms with E-state index in [2.05, 4.69) is 17.4 Å². The maximum Gasteiger partial charge on any atom is 0.237 e. The Morgan fingerprint density at radius 3 is 2.74 bits per heavy atom. The summed E-state index contributed by atoms with van der Waals surface area (Å²) in [5, 5.41) is 2.93. The third-order valence-electron chi connectivity index (χ3n) is 4.20. The molecule has 23 heavy (non-hydrogen) atoms. The summed E-state index contributed by atoms with van der Waals surface area (Å²) in [6.07, 6.45) is 3.59. The maximum atomic E-state index is 12.0. The van der Waals surface area contributed by atoms with Gasteiger partial charge in [0.1, 0.15) is 0 Å². The van der Waals surface area contributed by atoms with Crippen LogP contribution in [0.4, 0.5) is 0 Å². The van der Waals surface area contributed by atoms with Crippen molar-refractivity contribution in [3.05, 3.63) is 35.9 Å². The van der Waals surface area contributed by atoms with Gasteiger partial charge in [-0.1, -0.05) is 30.3 Å². The number of amides is 1. The molecule has 0 saturated carbocycles. The average molecular weight is 320 g/mol. The van der Waals surface area contributed by atoms with Crippen LogP contribution in [0.15, 0.2) is 30.3 Å². The normalized spacial score (nSPS) is 16.9. The van der Waals surface area contributed by atoms with Crippen LogP contribution in [0, 0.1) is 5.92 Å². The predicted octanol–water partition coefficient (Wildman–Crippen LogP) is 1.85. The lowest BCUT2D eigenvalue weighted by molar-refractivity contribution is -0.124. The number of nitrogens with two attached hydrogens (primary N) is 1. The number of hydrogen-bond acceptors (Lipinski definition) is 4. The third-order valence-corrected chi connectivity index (χ3v) is 4.20. The summed E-state index contributed by atoms with van der Waals surface area (Å²) >= 11 is 0. The Morgan fingerprint density at radius 1 is 1.26 bits per heavy atom. The zero-order valence-corrected chi connectivity index (χ0v) is 13.7. The van der Waals surface area contributed by atoms with Gasteiger partial charge in [-0.25, -0.2) is 0 Å². The molecule has 0 spiro atoms. The number of unbranched alkanes of at least 4 members (excludes halogenated alkanes) is 1. The van der Waals surface area contributed by atoms with Crippen LogP contribution >= 0.6 is 0 Å². The Balaban J connectivity index is 1.49. The largest absolute Gasteiger partial charge is 0.381 e. The first kappa shape index (κ1) is 17.9. The van der Waals surface area contributed by atoms with Gasteiger partial charge < -0.3 is 20.5 Å². The van der Waals surface area contributed by atoms with Gasteiger partial charge in [0.05, 0.1) is 12.6 Å². The number of nitrogens with one attached hydrogen (secondary N) is 1. The molecule has 1 aromatic carbocycles. The zero-order chi connectivity index (χ0) is 16.3. The van der Waals surface area contributed by atoms with Crippen LogP contribution < -0.4 is 11.1 Å². The molecule has 0 aliphatic carbocycles. The molecule has 0 aromatic heterocycles. The van der Waals surface area contributed by atoms with Crippen molar-refractivity contribution < 1.29 is 14.3 Å². The van der Waals surface area contributed by atoms with Crippen LogP contribution in [-0.2, 0) is 20.9 Å². The lowest BCUT2D eigenvalue weighted by atomic mass is 9.92. The van der Waals surface area contributed by atoms with Gasteiger partial charge in [0.2, 0.25) is 5.91 Å². The Labute approximate surface area is 138 Å². The monoisotopic (exact) mass is 320 g/mol. The SMILES string of the molecule is NC(C(=O)NCCCCOCc1ccccc1)C1CCOCC1. The van der Waals surface area contributed by atoms with E-state index >= 15 is 0 Å². The number of carbonyl (C=O) groups is 1. The molecule has 3 N–H and O–H groups in total. The quantitative estimate of drug-likeness (QED) is 0.681. The van der Waals surface area contributed by atoms with Crippen LogP contribution in [0.5, 0.6) is 0 Å². The van der Waals surface area contributed by atoms with Crippen molar-refractivity contribution in [1.82, 2.24) is 5.32 Å². The molecule has 1 amide bonds. The third kappa shape index (κ3) is 6.69. The van der Waals surface area contributed by atoms with E-state index in [1.54, 1.807) is 0 Å². The number of rotatable bonds is 9. The Hall–Kier alpha value is -1.43. The van der Waals surface area contributed by atoms with Crippen LogP contribution in [0.1, 0.15) is 31.2 Å². The van der Waals surface area contributed by atoms with Gasteiger partial charge in [0.15, 0.2) is 0 Å². The van der Waals surface area contributed by atoms with Crippen LogP contribution in [0.25, 0.3) is 0 Å². The van der Waals surface area contributed by atoms with Crippen molar-refractivity contribution in [2.45, 2.75) is 38.3 Å². The Bertz CT molecular complexity index is 447. The molecule has 1 unspecified atom stereocenters. The number of ether oxygens (including phenoxy) is 2. The summed E-state index contributed by atoms with van der Waals surface area (Å²) in [6, 6.07) is 9.71. The minimum Gasteiger partial charge on any atom is -0.381 e. The van der Waals surface area contributed by atoms with E-state index in [4.69, 9.17) is 15.2 Å². The molecule has 128 valence electrons. The number of carbonyl (C=O) groups excluding carboxylic acids is 1. The predicted molar refractivity (Wildman–Crippen MR) is 89.9 cm³/mol. The van der Waals surface area contributed by atoms with Crippen molar-refractivity contribution in [3.63, 3.8) is 0 Å². The van der Waals surface area contributed by atoms with Gasteiger partial charge in [-0.05, 0) is 37.2 Å². The van der Waals surface area contributed by atoms with E-state index in [-0.39, 0.29) is 11.8 Å². The smallest absolute Gasteiger partial charge is 0.237 e. The first-order chi connectivity index (χ1) is 11.3. The topological polar surface area (TPSA) is 73.6 Å². The second kappa shape index (κ2) is 10.4. The van der Waals surface area contributed by atoms with E-state index in [9.17, 15) is 4.79 Å². The molecule has 1 heterocycles. The summed E-state index contributed by atoms with van der Waals surface area (Å²) < 4.78 is 10.9. The Morgan fingerprint density at radius 2 is 2.00 bits per heavy atom. The van der Waals surface area contributed by atoms with Gasteiger partial charge in [-0.15, -0.1) is 0 Å². The highest BCUT2D eigenvalue weighted by atomic mass is 16.5. The molecule has 1 fully saturated rings. The van der Waals surface area contributed by atoms with E-state index in [0.717, 1.165) is 25.7 Å². The minimum atomic E-state index is -0.409. The van der Waals surface area contributed by atoms with Crippen LogP contribution in [-0.4, -0.2) is 38.3 Å². The molecule has 1 atom stereocenters. The highest BCUT2D eigenvalue weighted by Crippen LogP contribution is 2.17. The lowest BCUT2D eigenvalue weighted by Crippen LogP contribution is -2.47. The zero-order valence-electron chi connectivity index (χ0n) is 13.7. The molecular weight excluding hydrogens is 292 g/mol. The van der Waals surface area contributed by atoms with Crippen molar-refractivity contribution in [3.8, 4) is 0 Å². The summed E-state index contributed by atoms with van der Waals surface area (Å²) in [5.41, 5.74) is 7.21. The van der Waals surface area contributed by atoms with Crippen LogP contribution in [0.2, 0.25) is 0 Å². The van der Waals surface area contributed by atoms with E-state index in [1.165, 1.54) is 5.56 Å². The number of hydrogen-bond donors (Lipinski definition) is 2. The van der Waals surface area contributed by atoms with E-state index in [1.807, 2.05) is 18.2 Å². The molecule has 5 heteroatoms.